The van der Waals surface area contributed by atoms with Gasteiger partial charge < -0.3 is 11.1 Å². The molecule has 0 radical (unpaired) electrons. The van der Waals surface area contributed by atoms with Crippen molar-refractivity contribution < 1.29 is 18.0 Å². The lowest BCUT2D eigenvalue weighted by atomic mass is 10.1. The van der Waals surface area contributed by atoms with E-state index in [9.17, 15) is 18.0 Å². The maximum atomic E-state index is 12.7. The summed E-state index contributed by atoms with van der Waals surface area (Å²) in [5.74, 6) is -0.350. The van der Waals surface area contributed by atoms with Crippen molar-refractivity contribution in [3.8, 4) is 0 Å². The molecule has 1 atom stereocenters. The third-order valence-corrected chi connectivity index (χ3v) is 4.44. The van der Waals surface area contributed by atoms with Gasteiger partial charge in [0.05, 0.1) is 11.3 Å². The zero-order valence-electron chi connectivity index (χ0n) is 11.5. The third kappa shape index (κ3) is 3.12. The predicted molar refractivity (Wildman–Crippen MR) is 78.5 cm³/mol. The monoisotopic (exact) mass is 316 g/mol. The number of halogens is 3. The molecular formula is C14H15F3N2OS. The Hall–Kier alpha value is -1.76. The van der Waals surface area contributed by atoms with Gasteiger partial charge in [0.2, 0.25) is 0 Å². The number of anilines is 1. The van der Waals surface area contributed by atoms with E-state index < -0.39 is 11.7 Å². The van der Waals surface area contributed by atoms with Crippen LogP contribution >= 0.6 is 11.3 Å². The van der Waals surface area contributed by atoms with E-state index in [0.717, 1.165) is 29.9 Å². The molecule has 1 aromatic carbocycles. The molecule has 2 aromatic rings. The quantitative estimate of drug-likeness (QED) is 0.898. The Balaban J connectivity index is 2.44. The molecule has 0 aliphatic heterocycles. The average Bonchev–Trinajstić information content (AvgIpc) is 2.74. The van der Waals surface area contributed by atoms with Gasteiger partial charge in [0.1, 0.15) is 4.88 Å². The molecule has 3 N–H and O–H groups in total. The second kappa shape index (κ2) is 5.55. The summed E-state index contributed by atoms with van der Waals surface area (Å²) >= 11 is 1.10. The summed E-state index contributed by atoms with van der Waals surface area (Å²) in [6, 6.07) is 3.31. The topological polar surface area (TPSA) is 55.1 Å². The number of carbonyl (C=O) groups excluding carboxylic acids is 1. The zero-order valence-corrected chi connectivity index (χ0v) is 12.4. The van der Waals surface area contributed by atoms with Crippen molar-refractivity contribution >= 4 is 33.0 Å². The van der Waals surface area contributed by atoms with Gasteiger partial charge in [-0.25, -0.2) is 0 Å². The Morgan fingerprint density at radius 2 is 2.10 bits per heavy atom. The standard InChI is InChI=1S/C14H15F3N2OS/c1-3-7(2)19-13(20)12-11(18)9-6-8(14(15,16)17)4-5-10(9)21-12/h4-7H,3,18H2,1-2H3,(H,19,20). The number of rotatable bonds is 3. The van der Waals surface area contributed by atoms with Gasteiger partial charge in [0, 0.05) is 16.1 Å². The van der Waals surface area contributed by atoms with Crippen molar-refractivity contribution in [2.75, 3.05) is 5.73 Å². The van der Waals surface area contributed by atoms with Crippen molar-refractivity contribution in [2.45, 2.75) is 32.5 Å². The lowest BCUT2D eigenvalue weighted by molar-refractivity contribution is -0.137. The first-order chi connectivity index (χ1) is 9.74. The highest BCUT2D eigenvalue weighted by atomic mass is 32.1. The molecule has 0 fully saturated rings. The van der Waals surface area contributed by atoms with Crippen LogP contribution in [0.3, 0.4) is 0 Å². The minimum absolute atomic E-state index is 0.0205. The van der Waals surface area contributed by atoms with Gasteiger partial charge >= 0.3 is 6.18 Å². The minimum atomic E-state index is -4.43. The highest BCUT2D eigenvalue weighted by molar-refractivity contribution is 7.21. The normalized spacial score (nSPS) is 13.4. The van der Waals surface area contributed by atoms with E-state index in [1.165, 1.54) is 6.07 Å². The molecule has 1 unspecified atom stereocenters. The minimum Gasteiger partial charge on any atom is -0.397 e. The molecule has 0 saturated carbocycles. The van der Waals surface area contributed by atoms with Crippen LogP contribution in [0.25, 0.3) is 10.1 Å². The van der Waals surface area contributed by atoms with Crippen molar-refractivity contribution in [2.24, 2.45) is 0 Å². The summed E-state index contributed by atoms with van der Waals surface area (Å²) in [4.78, 5) is 12.3. The van der Waals surface area contributed by atoms with Crippen LogP contribution in [0.15, 0.2) is 18.2 Å². The number of thiophene rings is 1. The fourth-order valence-corrected chi connectivity index (χ4v) is 2.86. The molecule has 1 aromatic heterocycles. The lowest BCUT2D eigenvalue weighted by Gasteiger charge is -2.10. The third-order valence-electron chi connectivity index (χ3n) is 3.25. The highest BCUT2D eigenvalue weighted by Crippen LogP contribution is 2.38. The Morgan fingerprint density at radius 1 is 1.43 bits per heavy atom. The molecule has 0 saturated heterocycles. The molecular weight excluding hydrogens is 301 g/mol. The van der Waals surface area contributed by atoms with Crippen molar-refractivity contribution in [3.05, 3.63) is 28.6 Å². The fraction of sp³-hybridized carbons (Fsp3) is 0.357. The van der Waals surface area contributed by atoms with Crippen LogP contribution in [-0.2, 0) is 6.18 Å². The van der Waals surface area contributed by atoms with Crippen LogP contribution in [0.1, 0.15) is 35.5 Å². The SMILES string of the molecule is CCC(C)NC(=O)c1sc2ccc(C(F)(F)F)cc2c1N. The van der Waals surface area contributed by atoms with Gasteiger partial charge in [-0.15, -0.1) is 11.3 Å². The number of nitrogen functional groups attached to an aromatic ring is 1. The van der Waals surface area contributed by atoms with Gasteiger partial charge in [-0.3, -0.25) is 4.79 Å². The van der Waals surface area contributed by atoms with Gasteiger partial charge in [-0.05, 0) is 31.5 Å². The Bertz CT molecular complexity index is 679. The maximum Gasteiger partial charge on any atom is 0.416 e. The van der Waals surface area contributed by atoms with Crippen LogP contribution < -0.4 is 11.1 Å². The van der Waals surface area contributed by atoms with Gasteiger partial charge in [0.15, 0.2) is 0 Å². The van der Waals surface area contributed by atoms with Crippen LogP contribution in [0.4, 0.5) is 18.9 Å². The number of benzene rings is 1. The van der Waals surface area contributed by atoms with E-state index >= 15 is 0 Å². The molecule has 2 rings (SSSR count). The average molecular weight is 316 g/mol. The summed E-state index contributed by atoms with van der Waals surface area (Å²) in [5, 5.41) is 3.03. The Morgan fingerprint density at radius 3 is 2.67 bits per heavy atom. The second-order valence-corrected chi connectivity index (χ2v) is 5.89. The van der Waals surface area contributed by atoms with Gasteiger partial charge in [-0.1, -0.05) is 6.92 Å². The van der Waals surface area contributed by atoms with Gasteiger partial charge in [-0.2, -0.15) is 13.2 Å². The maximum absolute atomic E-state index is 12.7. The molecule has 1 heterocycles. The van der Waals surface area contributed by atoms with E-state index in [4.69, 9.17) is 5.73 Å². The molecule has 0 bridgehead atoms. The number of hydrogen-bond donors (Lipinski definition) is 2. The number of alkyl halides is 3. The van der Waals surface area contributed by atoms with Crippen LogP contribution in [0.5, 0.6) is 0 Å². The summed E-state index contributed by atoms with van der Waals surface area (Å²) in [6.07, 6.45) is -3.67. The van der Waals surface area contributed by atoms with Crippen molar-refractivity contribution in [1.82, 2.24) is 5.32 Å². The number of nitrogens with two attached hydrogens (primary N) is 1. The summed E-state index contributed by atoms with van der Waals surface area (Å²) in [5.41, 5.74) is 5.18. The number of nitrogens with one attached hydrogen (secondary N) is 1. The van der Waals surface area contributed by atoms with E-state index in [1.807, 2.05) is 13.8 Å². The first kappa shape index (κ1) is 15.6. The van der Waals surface area contributed by atoms with Gasteiger partial charge in [0.25, 0.3) is 5.91 Å². The molecule has 7 heteroatoms. The van der Waals surface area contributed by atoms with E-state index in [0.29, 0.717) is 4.70 Å². The molecule has 0 spiro atoms. The Labute approximate surface area is 123 Å². The summed E-state index contributed by atoms with van der Waals surface area (Å²) in [7, 11) is 0. The molecule has 0 aliphatic carbocycles. The molecule has 3 nitrogen and oxygen atoms in total. The highest BCUT2D eigenvalue weighted by Gasteiger charge is 2.31. The van der Waals surface area contributed by atoms with Crippen molar-refractivity contribution in [1.29, 1.82) is 0 Å². The second-order valence-electron chi connectivity index (χ2n) is 4.84. The number of fused-ring (bicyclic) bond motifs is 1. The molecule has 114 valence electrons. The molecule has 21 heavy (non-hydrogen) atoms. The molecule has 1 amide bonds. The van der Waals surface area contributed by atoms with E-state index in [-0.39, 0.29) is 27.9 Å². The fourth-order valence-electron chi connectivity index (χ4n) is 1.85. The summed E-state index contributed by atoms with van der Waals surface area (Å²) in [6.45, 7) is 3.78. The number of carbonyl (C=O) groups is 1. The van der Waals surface area contributed by atoms with Crippen LogP contribution in [0.2, 0.25) is 0 Å². The first-order valence-corrected chi connectivity index (χ1v) is 7.25. The van der Waals surface area contributed by atoms with E-state index in [1.54, 1.807) is 0 Å². The Kier molecular flexibility index (Phi) is 4.13. The largest absolute Gasteiger partial charge is 0.416 e. The first-order valence-electron chi connectivity index (χ1n) is 6.44. The lowest BCUT2D eigenvalue weighted by Crippen LogP contribution is -2.31. The smallest absolute Gasteiger partial charge is 0.397 e. The van der Waals surface area contributed by atoms with Crippen LogP contribution in [0, 0.1) is 0 Å². The summed E-state index contributed by atoms with van der Waals surface area (Å²) < 4.78 is 38.7. The number of amides is 1. The molecule has 0 aliphatic rings. The predicted octanol–water partition coefficient (Wildman–Crippen LogP) is 4.03. The van der Waals surface area contributed by atoms with E-state index in [2.05, 4.69) is 5.32 Å². The number of hydrogen-bond acceptors (Lipinski definition) is 3. The van der Waals surface area contributed by atoms with Crippen LogP contribution in [-0.4, -0.2) is 11.9 Å². The van der Waals surface area contributed by atoms with Crippen molar-refractivity contribution in [3.63, 3.8) is 0 Å². The zero-order chi connectivity index (χ0) is 15.8.